The van der Waals surface area contributed by atoms with E-state index in [1.165, 1.54) is 48.7 Å². The average molecular weight is 243 g/mol. The number of aromatic nitrogens is 2. The van der Waals surface area contributed by atoms with Crippen LogP contribution < -0.4 is 5.32 Å². The van der Waals surface area contributed by atoms with Crippen LogP contribution in [0.2, 0.25) is 0 Å². The average Bonchev–Trinajstić information content (AvgIpc) is 2.79. The van der Waals surface area contributed by atoms with E-state index in [4.69, 9.17) is 0 Å². The van der Waals surface area contributed by atoms with E-state index in [0.717, 1.165) is 12.5 Å². The van der Waals surface area contributed by atoms with Crippen LogP contribution in [0.3, 0.4) is 0 Å². The fraction of sp³-hybridized carbons (Fsp3) is 0.533. The third kappa shape index (κ3) is 2.35. The maximum atomic E-state index is 4.28. The Hall–Kier alpha value is -1.51. The van der Waals surface area contributed by atoms with Crippen LogP contribution >= 0.6 is 0 Å². The maximum absolute atomic E-state index is 4.28. The van der Waals surface area contributed by atoms with Crippen LogP contribution in [0.5, 0.6) is 0 Å². The van der Waals surface area contributed by atoms with Gasteiger partial charge in [0.25, 0.3) is 0 Å². The molecule has 3 rings (SSSR count). The molecule has 2 aromatic rings. The zero-order chi connectivity index (χ0) is 12.4. The number of nitrogens with one attached hydrogen (secondary N) is 1. The smallest absolute Gasteiger partial charge is 0.0680 e. The molecule has 1 aliphatic carbocycles. The summed E-state index contributed by atoms with van der Waals surface area (Å²) in [6, 6.07) is 6.50. The zero-order valence-corrected chi connectivity index (χ0v) is 11.0. The van der Waals surface area contributed by atoms with Gasteiger partial charge in [-0.15, -0.1) is 0 Å². The number of aryl methyl sites for hydroxylation is 1. The van der Waals surface area contributed by atoms with Crippen molar-refractivity contribution in [3.8, 4) is 0 Å². The van der Waals surface area contributed by atoms with E-state index in [-0.39, 0.29) is 0 Å². The molecule has 0 radical (unpaired) electrons. The van der Waals surface area contributed by atoms with Gasteiger partial charge in [0, 0.05) is 24.7 Å². The summed E-state index contributed by atoms with van der Waals surface area (Å²) in [5, 5.41) is 9.07. The van der Waals surface area contributed by atoms with Crippen molar-refractivity contribution in [1.82, 2.24) is 9.78 Å². The third-order valence-electron chi connectivity index (χ3n) is 4.07. The molecule has 18 heavy (non-hydrogen) atoms. The van der Waals surface area contributed by atoms with Gasteiger partial charge in [-0.2, -0.15) is 5.10 Å². The highest BCUT2D eigenvalue weighted by molar-refractivity contribution is 5.82. The van der Waals surface area contributed by atoms with Crippen molar-refractivity contribution >= 4 is 16.6 Å². The van der Waals surface area contributed by atoms with E-state index in [1.807, 2.05) is 17.9 Å². The third-order valence-corrected chi connectivity index (χ3v) is 4.07. The van der Waals surface area contributed by atoms with Gasteiger partial charge in [-0.25, -0.2) is 0 Å². The minimum Gasteiger partial charge on any atom is -0.385 e. The number of benzene rings is 1. The number of fused-ring (bicyclic) bond motifs is 1. The van der Waals surface area contributed by atoms with Gasteiger partial charge in [0.05, 0.1) is 11.7 Å². The Bertz CT molecular complexity index is 524. The first-order valence-electron chi connectivity index (χ1n) is 6.98. The molecule has 0 spiro atoms. The molecular weight excluding hydrogens is 222 g/mol. The van der Waals surface area contributed by atoms with Gasteiger partial charge in [0.15, 0.2) is 0 Å². The maximum Gasteiger partial charge on any atom is 0.0680 e. The largest absolute Gasteiger partial charge is 0.385 e. The first kappa shape index (κ1) is 11.6. The van der Waals surface area contributed by atoms with Crippen LogP contribution in [0.25, 0.3) is 10.9 Å². The first-order valence-corrected chi connectivity index (χ1v) is 6.98. The van der Waals surface area contributed by atoms with E-state index < -0.39 is 0 Å². The van der Waals surface area contributed by atoms with Crippen LogP contribution in [0.15, 0.2) is 24.4 Å². The van der Waals surface area contributed by atoms with E-state index in [1.54, 1.807) is 0 Å². The van der Waals surface area contributed by atoms with Crippen LogP contribution in [0.4, 0.5) is 5.69 Å². The fourth-order valence-electron chi connectivity index (χ4n) is 2.93. The molecule has 1 aromatic heterocycles. The molecule has 1 N–H and O–H groups in total. The number of rotatable bonds is 3. The summed E-state index contributed by atoms with van der Waals surface area (Å²) >= 11 is 0. The summed E-state index contributed by atoms with van der Waals surface area (Å²) in [5.74, 6) is 0.864. The predicted molar refractivity (Wildman–Crippen MR) is 75.8 cm³/mol. The molecular formula is C15H21N3. The molecule has 1 fully saturated rings. The zero-order valence-electron chi connectivity index (χ0n) is 11.0. The topological polar surface area (TPSA) is 29.9 Å². The predicted octanol–water partition coefficient (Wildman–Crippen LogP) is 3.57. The number of anilines is 1. The SMILES string of the molecule is Cn1ncc2cc(NCC3CCCCC3)ccc21. The van der Waals surface area contributed by atoms with Crippen molar-refractivity contribution in [2.75, 3.05) is 11.9 Å². The standard InChI is InChI=1S/C15H21N3/c1-18-15-8-7-14(9-13(15)11-17-18)16-10-12-5-3-2-4-6-12/h7-9,11-12,16H,2-6,10H2,1H3. The highest BCUT2D eigenvalue weighted by atomic mass is 15.2. The van der Waals surface area contributed by atoms with Crippen molar-refractivity contribution in [3.63, 3.8) is 0 Å². The molecule has 3 nitrogen and oxygen atoms in total. The number of nitrogens with zero attached hydrogens (tertiary/aromatic N) is 2. The monoisotopic (exact) mass is 243 g/mol. The lowest BCUT2D eigenvalue weighted by molar-refractivity contribution is 0.373. The van der Waals surface area contributed by atoms with Crippen molar-refractivity contribution in [1.29, 1.82) is 0 Å². The van der Waals surface area contributed by atoms with Gasteiger partial charge in [-0.05, 0) is 37.0 Å². The van der Waals surface area contributed by atoms with Crippen molar-refractivity contribution in [2.24, 2.45) is 13.0 Å². The summed E-state index contributed by atoms with van der Waals surface area (Å²) in [6.45, 7) is 1.12. The lowest BCUT2D eigenvalue weighted by atomic mass is 9.89. The molecule has 1 aromatic carbocycles. The first-order chi connectivity index (χ1) is 8.83. The van der Waals surface area contributed by atoms with E-state index in [2.05, 4.69) is 28.6 Å². The van der Waals surface area contributed by atoms with Crippen molar-refractivity contribution in [3.05, 3.63) is 24.4 Å². The van der Waals surface area contributed by atoms with Gasteiger partial charge >= 0.3 is 0 Å². The summed E-state index contributed by atoms with van der Waals surface area (Å²) < 4.78 is 1.92. The lowest BCUT2D eigenvalue weighted by Crippen LogP contribution is -2.16. The quantitative estimate of drug-likeness (QED) is 0.893. The summed E-state index contributed by atoms with van der Waals surface area (Å²) in [6.07, 6.45) is 8.96. The Morgan fingerprint density at radius 1 is 1.28 bits per heavy atom. The Morgan fingerprint density at radius 3 is 2.94 bits per heavy atom. The fourth-order valence-corrected chi connectivity index (χ4v) is 2.93. The second-order valence-electron chi connectivity index (χ2n) is 5.43. The molecule has 1 aliphatic rings. The van der Waals surface area contributed by atoms with Gasteiger partial charge in [0.2, 0.25) is 0 Å². The van der Waals surface area contributed by atoms with Gasteiger partial charge in [-0.3, -0.25) is 4.68 Å². The Labute approximate surface area is 108 Å². The normalized spacial score (nSPS) is 17.2. The molecule has 0 unspecified atom stereocenters. The summed E-state index contributed by atoms with van der Waals surface area (Å²) in [7, 11) is 1.98. The van der Waals surface area contributed by atoms with Crippen LogP contribution in [0, 0.1) is 5.92 Å². The Balaban J connectivity index is 1.66. The van der Waals surface area contributed by atoms with Crippen LogP contribution in [-0.4, -0.2) is 16.3 Å². The molecule has 96 valence electrons. The van der Waals surface area contributed by atoms with Crippen molar-refractivity contribution < 1.29 is 0 Å². The highest BCUT2D eigenvalue weighted by Crippen LogP contribution is 2.24. The number of hydrogen-bond donors (Lipinski definition) is 1. The van der Waals surface area contributed by atoms with Crippen molar-refractivity contribution in [2.45, 2.75) is 32.1 Å². The minimum atomic E-state index is 0.864. The molecule has 1 heterocycles. The molecule has 0 atom stereocenters. The molecule has 0 bridgehead atoms. The lowest BCUT2D eigenvalue weighted by Gasteiger charge is -2.22. The molecule has 3 heteroatoms. The van der Waals surface area contributed by atoms with Crippen LogP contribution in [0.1, 0.15) is 32.1 Å². The van der Waals surface area contributed by atoms with Gasteiger partial charge < -0.3 is 5.32 Å². The number of hydrogen-bond acceptors (Lipinski definition) is 2. The molecule has 0 saturated heterocycles. The second-order valence-corrected chi connectivity index (χ2v) is 5.43. The highest BCUT2D eigenvalue weighted by Gasteiger charge is 2.12. The van der Waals surface area contributed by atoms with Gasteiger partial charge in [-0.1, -0.05) is 19.3 Å². The molecule has 0 aliphatic heterocycles. The summed E-state index contributed by atoms with van der Waals surface area (Å²) in [5.41, 5.74) is 2.42. The second kappa shape index (κ2) is 5.01. The molecule has 0 amide bonds. The Morgan fingerprint density at radius 2 is 2.11 bits per heavy atom. The van der Waals surface area contributed by atoms with E-state index in [0.29, 0.717) is 0 Å². The van der Waals surface area contributed by atoms with Crippen LogP contribution in [-0.2, 0) is 7.05 Å². The van der Waals surface area contributed by atoms with E-state index in [9.17, 15) is 0 Å². The summed E-state index contributed by atoms with van der Waals surface area (Å²) in [4.78, 5) is 0. The van der Waals surface area contributed by atoms with E-state index >= 15 is 0 Å². The minimum absolute atomic E-state index is 0.864. The Kier molecular flexibility index (Phi) is 3.22. The van der Waals surface area contributed by atoms with Gasteiger partial charge in [0.1, 0.15) is 0 Å². The molecule has 1 saturated carbocycles.